The van der Waals surface area contributed by atoms with E-state index in [9.17, 15) is 4.79 Å². The highest BCUT2D eigenvalue weighted by atomic mass is 79.9. The summed E-state index contributed by atoms with van der Waals surface area (Å²) in [5, 5.41) is 7.31. The van der Waals surface area contributed by atoms with E-state index in [0.29, 0.717) is 24.7 Å². The van der Waals surface area contributed by atoms with Crippen LogP contribution in [-0.4, -0.2) is 22.9 Å². The normalized spacial score (nSPS) is 15.4. The summed E-state index contributed by atoms with van der Waals surface area (Å²) in [5.41, 5.74) is 5.99. The number of aromatic nitrogens is 2. The summed E-state index contributed by atoms with van der Waals surface area (Å²) in [6.45, 7) is 2.06. The largest absolute Gasteiger partial charge is 0.380 e. The van der Waals surface area contributed by atoms with Crippen molar-refractivity contribution >= 4 is 21.6 Å². The van der Waals surface area contributed by atoms with Crippen LogP contribution in [0.25, 0.3) is 0 Å². The molecule has 5 nitrogen and oxygen atoms in total. The van der Waals surface area contributed by atoms with Crippen LogP contribution in [0.3, 0.4) is 0 Å². The Bertz CT molecular complexity index is 456. The van der Waals surface area contributed by atoms with Crippen molar-refractivity contribution in [2.24, 2.45) is 11.7 Å². The third-order valence-corrected chi connectivity index (χ3v) is 3.94. The number of hydrogen-bond donors (Lipinski definition) is 2. The molecule has 100 valence electrons. The fourth-order valence-electron chi connectivity index (χ4n) is 1.99. The van der Waals surface area contributed by atoms with E-state index in [0.717, 1.165) is 17.4 Å². The molecule has 0 radical (unpaired) electrons. The summed E-state index contributed by atoms with van der Waals surface area (Å²) in [6, 6.07) is 0. The van der Waals surface area contributed by atoms with E-state index >= 15 is 0 Å². The number of halogens is 1. The van der Waals surface area contributed by atoms with Crippen LogP contribution in [0.5, 0.6) is 0 Å². The van der Waals surface area contributed by atoms with E-state index in [1.54, 1.807) is 10.9 Å². The van der Waals surface area contributed by atoms with Crippen molar-refractivity contribution in [1.82, 2.24) is 9.78 Å². The molecule has 0 atom stereocenters. The van der Waals surface area contributed by atoms with Gasteiger partial charge in [-0.1, -0.05) is 6.42 Å². The average Bonchev–Trinajstić information content (AvgIpc) is 2.30. The van der Waals surface area contributed by atoms with Gasteiger partial charge in [-0.3, -0.25) is 4.79 Å². The van der Waals surface area contributed by atoms with E-state index in [1.807, 2.05) is 0 Å². The van der Waals surface area contributed by atoms with E-state index in [4.69, 9.17) is 5.73 Å². The Morgan fingerprint density at radius 2 is 2.33 bits per heavy atom. The second-order valence-corrected chi connectivity index (χ2v) is 5.58. The lowest BCUT2D eigenvalue weighted by Gasteiger charge is -2.25. The van der Waals surface area contributed by atoms with Crippen LogP contribution in [0.2, 0.25) is 0 Å². The number of anilines is 1. The molecule has 1 heterocycles. The summed E-state index contributed by atoms with van der Waals surface area (Å²) in [6.07, 6.45) is 6.22. The van der Waals surface area contributed by atoms with E-state index < -0.39 is 0 Å². The van der Waals surface area contributed by atoms with Gasteiger partial charge in [-0.25, -0.2) is 4.68 Å². The van der Waals surface area contributed by atoms with Crippen molar-refractivity contribution in [2.45, 2.75) is 32.2 Å². The topological polar surface area (TPSA) is 72.9 Å². The maximum atomic E-state index is 12.2. The third kappa shape index (κ3) is 3.11. The molecule has 6 heteroatoms. The van der Waals surface area contributed by atoms with Crippen molar-refractivity contribution in [3.63, 3.8) is 0 Å². The lowest BCUT2D eigenvalue weighted by atomic mass is 9.85. The molecule has 1 aromatic heterocycles. The van der Waals surface area contributed by atoms with Gasteiger partial charge < -0.3 is 11.1 Å². The smallest absolute Gasteiger partial charge is 0.291 e. The van der Waals surface area contributed by atoms with E-state index in [-0.39, 0.29) is 5.56 Å². The van der Waals surface area contributed by atoms with Crippen molar-refractivity contribution in [1.29, 1.82) is 0 Å². The maximum absolute atomic E-state index is 12.2. The Hall–Kier alpha value is -0.880. The van der Waals surface area contributed by atoms with Crippen molar-refractivity contribution in [3.05, 3.63) is 21.0 Å². The number of nitrogens with two attached hydrogens (primary N) is 1. The van der Waals surface area contributed by atoms with Gasteiger partial charge in [-0.2, -0.15) is 5.10 Å². The first kappa shape index (κ1) is 13.5. The zero-order valence-electron chi connectivity index (χ0n) is 10.4. The second-order valence-electron chi connectivity index (χ2n) is 4.72. The number of rotatable bonds is 6. The molecule has 1 aliphatic rings. The van der Waals surface area contributed by atoms with Crippen LogP contribution < -0.4 is 16.6 Å². The van der Waals surface area contributed by atoms with Gasteiger partial charge in [0.25, 0.3) is 5.56 Å². The van der Waals surface area contributed by atoms with Crippen LogP contribution in [0.1, 0.15) is 25.7 Å². The van der Waals surface area contributed by atoms with Crippen molar-refractivity contribution < 1.29 is 0 Å². The van der Waals surface area contributed by atoms with Gasteiger partial charge in [-0.15, -0.1) is 0 Å². The zero-order chi connectivity index (χ0) is 13.0. The zero-order valence-corrected chi connectivity index (χ0v) is 11.9. The minimum atomic E-state index is -0.0479. The van der Waals surface area contributed by atoms with Gasteiger partial charge in [0.1, 0.15) is 5.69 Å². The monoisotopic (exact) mass is 314 g/mol. The molecular formula is C12H19BrN4O. The Balaban J connectivity index is 2.11. The summed E-state index contributed by atoms with van der Waals surface area (Å²) < 4.78 is 2.29. The molecule has 0 amide bonds. The van der Waals surface area contributed by atoms with Gasteiger partial charge in [0.05, 0.1) is 10.7 Å². The molecule has 0 aromatic carbocycles. The first-order valence-electron chi connectivity index (χ1n) is 6.42. The number of nitrogens with one attached hydrogen (secondary N) is 1. The Morgan fingerprint density at radius 1 is 1.56 bits per heavy atom. The van der Waals surface area contributed by atoms with Crippen LogP contribution in [-0.2, 0) is 6.54 Å². The van der Waals surface area contributed by atoms with Crippen molar-refractivity contribution in [2.75, 3.05) is 18.4 Å². The molecule has 1 saturated carbocycles. The van der Waals surface area contributed by atoms with Gasteiger partial charge in [0, 0.05) is 13.1 Å². The minimum absolute atomic E-state index is 0.0479. The quantitative estimate of drug-likeness (QED) is 0.782. The summed E-state index contributed by atoms with van der Waals surface area (Å²) in [5.74, 6) is 0.619. The minimum Gasteiger partial charge on any atom is -0.380 e. The fraction of sp³-hybridized carbons (Fsp3) is 0.667. The van der Waals surface area contributed by atoms with E-state index in [2.05, 4.69) is 26.3 Å². The first-order valence-corrected chi connectivity index (χ1v) is 7.21. The summed E-state index contributed by atoms with van der Waals surface area (Å²) >= 11 is 3.36. The first-order chi connectivity index (χ1) is 8.72. The standard InChI is InChI=1S/C12H19BrN4O/c13-10-7-16-17(8-9-3-1-4-9)12(18)11(10)15-6-2-5-14/h7,9,15H,1-6,8,14H2. The van der Waals surface area contributed by atoms with Gasteiger partial charge in [-0.05, 0) is 47.7 Å². The molecule has 18 heavy (non-hydrogen) atoms. The van der Waals surface area contributed by atoms with Gasteiger partial charge in [0.2, 0.25) is 0 Å². The highest BCUT2D eigenvalue weighted by molar-refractivity contribution is 9.10. The molecule has 0 saturated heterocycles. The SMILES string of the molecule is NCCCNc1c(Br)cnn(CC2CCC2)c1=O. The van der Waals surface area contributed by atoms with Crippen LogP contribution in [0.4, 0.5) is 5.69 Å². The Kier molecular flexibility index (Phi) is 4.77. The van der Waals surface area contributed by atoms with Crippen LogP contribution >= 0.6 is 15.9 Å². The molecule has 3 N–H and O–H groups in total. The molecular weight excluding hydrogens is 296 g/mol. The molecule has 1 fully saturated rings. The van der Waals surface area contributed by atoms with Crippen molar-refractivity contribution in [3.8, 4) is 0 Å². The predicted molar refractivity (Wildman–Crippen MR) is 75.7 cm³/mol. The average molecular weight is 315 g/mol. The summed E-state index contributed by atoms with van der Waals surface area (Å²) in [4.78, 5) is 12.2. The summed E-state index contributed by atoms with van der Waals surface area (Å²) in [7, 11) is 0. The molecule has 1 aromatic rings. The van der Waals surface area contributed by atoms with Gasteiger partial charge in [0.15, 0.2) is 0 Å². The number of hydrogen-bond acceptors (Lipinski definition) is 4. The molecule has 0 unspecified atom stereocenters. The predicted octanol–water partition coefficient (Wildman–Crippen LogP) is 1.57. The van der Waals surface area contributed by atoms with Crippen LogP contribution in [0.15, 0.2) is 15.5 Å². The third-order valence-electron chi connectivity index (χ3n) is 3.34. The van der Waals surface area contributed by atoms with E-state index in [1.165, 1.54) is 19.3 Å². The maximum Gasteiger partial charge on any atom is 0.291 e. The molecule has 1 aliphatic carbocycles. The Morgan fingerprint density at radius 3 is 2.94 bits per heavy atom. The fourth-order valence-corrected chi connectivity index (χ4v) is 2.40. The molecule has 0 aliphatic heterocycles. The van der Waals surface area contributed by atoms with Crippen LogP contribution in [0, 0.1) is 5.92 Å². The highest BCUT2D eigenvalue weighted by Gasteiger charge is 2.20. The van der Waals surface area contributed by atoms with Gasteiger partial charge >= 0.3 is 0 Å². The Labute approximate surface area is 115 Å². The lowest BCUT2D eigenvalue weighted by Crippen LogP contribution is -2.31. The highest BCUT2D eigenvalue weighted by Crippen LogP contribution is 2.27. The number of nitrogens with zero attached hydrogens (tertiary/aromatic N) is 2. The molecule has 0 spiro atoms. The molecule has 0 bridgehead atoms. The second kappa shape index (κ2) is 6.33. The lowest BCUT2D eigenvalue weighted by molar-refractivity contribution is 0.262. The molecule has 2 rings (SSSR count).